The van der Waals surface area contributed by atoms with Crippen molar-refractivity contribution in [3.8, 4) is 0 Å². The molecule has 0 spiro atoms. The summed E-state index contributed by atoms with van der Waals surface area (Å²) in [6, 6.07) is -0.494. The maximum Gasteiger partial charge on any atom is 0.452 e. The van der Waals surface area contributed by atoms with E-state index in [0.29, 0.717) is 25.5 Å². The van der Waals surface area contributed by atoms with Gasteiger partial charge in [0.25, 0.3) is 11.8 Å². The lowest BCUT2D eigenvalue weighted by atomic mass is 9.98. The highest BCUT2D eigenvalue weighted by Crippen LogP contribution is 2.48. The minimum atomic E-state index is -4.76. The number of nitrogens with zero attached hydrogens (tertiary/aromatic N) is 1. The van der Waals surface area contributed by atoms with Crippen LogP contribution in [0.3, 0.4) is 0 Å². The van der Waals surface area contributed by atoms with Crippen molar-refractivity contribution < 1.29 is 32.1 Å². The quantitative estimate of drug-likeness (QED) is 0.463. The second kappa shape index (κ2) is 8.01. The van der Waals surface area contributed by atoms with Gasteiger partial charge in [0.1, 0.15) is 6.04 Å². The summed E-state index contributed by atoms with van der Waals surface area (Å²) in [6.07, 6.45) is -2.04. The standard InChI is InChI=1S/C17H22F3N5O4/c1-16(3-4-16)7-11(15(28)24-22-8-9-2-5-21-13(9)26)23-14(27)10-6-12(29-25-10)17(18,19)20/h6,9,11,22H,2-5,7-8H2,1H3,(H,21,26)(H,23,27)(H,24,28)/t9-,11-/m0/s1. The maximum absolute atomic E-state index is 12.6. The Morgan fingerprint density at radius 3 is 2.69 bits per heavy atom. The van der Waals surface area contributed by atoms with Crippen molar-refractivity contribution in [2.45, 2.75) is 44.8 Å². The highest BCUT2D eigenvalue weighted by molar-refractivity contribution is 5.96. The molecule has 3 rings (SSSR count). The fourth-order valence-electron chi connectivity index (χ4n) is 3.06. The maximum atomic E-state index is 12.6. The second-order valence-electron chi connectivity index (χ2n) is 7.76. The molecule has 12 heteroatoms. The summed E-state index contributed by atoms with van der Waals surface area (Å²) in [5, 5.41) is 8.23. The van der Waals surface area contributed by atoms with E-state index in [1.54, 1.807) is 0 Å². The Hall–Kier alpha value is -2.63. The van der Waals surface area contributed by atoms with Crippen LogP contribution in [0.4, 0.5) is 13.2 Å². The van der Waals surface area contributed by atoms with Crippen molar-refractivity contribution in [2.24, 2.45) is 11.3 Å². The zero-order chi connectivity index (χ0) is 21.2. The van der Waals surface area contributed by atoms with Crippen LogP contribution in [0.5, 0.6) is 0 Å². The van der Waals surface area contributed by atoms with Crippen LogP contribution < -0.4 is 21.5 Å². The largest absolute Gasteiger partial charge is 0.452 e. The lowest BCUT2D eigenvalue weighted by molar-refractivity contribution is -0.155. The lowest BCUT2D eigenvalue weighted by Gasteiger charge is -2.21. The summed E-state index contributed by atoms with van der Waals surface area (Å²) in [5.74, 6) is -3.25. The van der Waals surface area contributed by atoms with E-state index in [0.717, 1.165) is 12.8 Å². The van der Waals surface area contributed by atoms with Gasteiger partial charge in [-0.2, -0.15) is 13.2 Å². The van der Waals surface area contributed by atoms with Gasteiger partial charge < -0.3 is 15.2 Å². The monoisotopic (exact) mass is 417 g/mol. The van der Waals surface area contributed by atoms with Crippen molar-refractivity contribution in [1.82, 2.24) is 26.6 Å². The van der Waals surface area contributed by atoms with E-state index in [1.165, 1.54) is 0 Å². The van der Waals surface area contributed by atoms with Gasteiger partial charge in [-0.3, -0.25) is 19.8 Å². The summed E-state index contributed by atoms with van der Waals surface area (Å²) in [4.78, 5) is 36.3. The number of hydrogen-bond acceptors (Lipinski definition) is 6. The predicted octanol–water partition coefficient (Wildman–Crippen LogP) is 0.739. The Morgan fingerprint density at radius 2 is 2.14 bits per heavy atom. The second-order valence-corrected chi connectivity index (χ2v) is 7.76. The molecular weight excluding hydrogens is 395 g/mol. The molecule has 2 aliphatic rings. The molecule has 160 valence electrons. The zero-order valence-electron chi connectivity index (χ0n) is 15.7. The first kappa shape index (κ1) is 21.1. The number of carbonyl (C=O) groups is 3. The number of carbonyl (C=O) groups excluding carboxylic acids is 3. The van der Waals surface area contributed by atoms with E-state index < -0.39 is 35.5 Å². The van der Waals surface area contributed by atoms with Crippen molar-refractivity contribution in [3.05, 3.63) is 17.5 Å². The van der Waals surface area contributed by atoms with E-state index in [2.05, 4.69) is 31.2 Å². The molecule has 2 atom stereocenters. The molecule has 0 radical (unpaired) electrons. The number of aromatic nitrogens is 1. The Morgan fingerprint density at radius 1 is 1.41 bits per heavy atom. The third kappa shape index (κ3) is 5.46. The molecule has 3 amide bonds. The Bertz CT molecular complexity index is 790. The lowest BCUT2D eigenvalue weighted by Crippen LogP contribution is -2.52. The average molecular weight is 417 g/mol. The van der Waals surface area contributed by atoms with Gasteiger partial charge in [-0.05, 0) is 31.1 Å². The van der Waals surface area contributed by atoms with Gasteiger partial charge >= 0.3 is 6.18 Å². The molecule has 1 aromatic heterocycles. The van der Waals surface area contributed by atoms with Crippen molar-refractivity contribution >= 4 is 17.7 Å². The minimum Gasteiger partial charge on any atom is -0.356 e. The molecule has 0 unspecified atom stereocenters. The SMILES string of the molecule is CC1(C[C@H](NC(=O)c2cc(C(F)(F)F)on2)C(=O)NNC[C@@H]2CCNC2=O)CC1. The highest BCUT2D eigenvalue weighted by Gasteiger charge is 2.42. The molecule has 1 saturated heterocycles. The minimum absolute atomic E-state index is 0.103. The number of hydrogen-bond donors (Lipinski definition) is 4. The molecule has 2 fully saturated rings. The van der Waals surface area contributed by atoms with Gasteiger partial charge in [0.15, 0.2) is 5.69 Å². The van der Waals surface area contributed by atoms with Gasteiger partial charge in [0, 0.05) is 19.2 Å². The zero-order valence-corrected chi connectivity index (χ0v) is 15.7. The first-order valence-electron chi connectivity index (χ1n) is 9.23. The van der Waals surface area contributed by atoms with Crippen LogP contribution in [-0.2, 0) is 15.8 Å². The Balaban J connectivity index is 1.58. The van der Waals surface area contributed by atoms with Gasteiger partial charge in [0.2, 0.25) is 11.7 Å². The van der Waals surface area contributed by atoms with E-state index >= 15 is 0 Å². The third-order valence-electron chi connectivity index (χ3n) is 5.17. The molecule has 9 nitrogen and oxygen atoms in total. The molecule has 1 aliphatic carbocycles. The number of amides is 3. The molecule has 2 heterocycles. The van der Waals surface area contributed by atoms with Crippen molar-refractivity contribution in [3.63, 3.8) is 0 Å². The first-order chi connectivity index (χ1) is 13.6. The fourth-order valence-corrected chi connectivity index (χ4v) is 3.06. The van der Waals surface area contributed by atoms with Crippen LogP contribution in [0, 0.1) is 11.3 Å². The van der Waals surface area contributed by atoms with Crippen molar-refractivity contribution in [1.29, 1.82) is 0 Å². The third-order valence-corrected chi connectivity index (χ3v) is 5.17. The number of alkyl halides is 3. The van der Waals surface area contributed by atoms with Crippen LogP contribution in [0.15, 0.2) is 10.6 Å². The number of halogens is 3. The van der Waals surface area contributed by atoms with Crippen molar-refractivity contribution in [2.75, 3.05) is 13.1 Å². The summed E-state index contributed by atoms with van der Waals surface area (Å²) in [5.41, 5.74) is 4.46. The summed E-state index contributed by atoms with van der Waals surface area (Å²) >= 11 is 0. The molecular formula is C17H22F3N5O4. The Kier molecular flexibility index (Phi) is 5.82. The molecule has 0 bridgehead atoms. The molecule has 4 N–H and O–H groups in total. The van der Waals surface area contributed by atoms with Gasteiger partial charge in [-0.15, -0.1) is 0 Å². The first-order valence-corrected chi connectivity index (χ1v) is 9.23. The Labute approximate surface area is 164 Å². The van der Waals surface area contributed by atoms with Crippen LogP contribution in [-0.4, -0.2) is 42.0 Å². The number of hydrazine groups is 1. The molecule has 1 aliphatic heterocycles. The van der Waals surface area contributed by atoms with Crippen LogP contribution in [0.25, 0.3) is 0 Å². The summed E-state index contributed by atoms with van der Waals surface area (Å²) in [7, 11) is 0. The summed E-state index contributed by atoms with van der Waals surface area (Å²) < 4.78 is 42.0. The van der Waals surface area contributed by atoms with E-state index in [4.69, 9.17) is 0 Å². The van der Waals surface area contributed by atoms with E-state index in [-0.39, 0.29) is 23.8 Å². The van der Waals surface area contributed by atoms with Gasteiger partial charge in [0.05, 0.1) is 5.92 Å². The predicted molar refractivity (Wildman–Crippen MR) is 92.0 cm³/mol. The normalized spacial score (nSPS) is 21.4. The fraction of sp³-hybridized carbons (Fsp3) is 0.647. The smallest absolute Gasteiger partial charge is 0.356 e. The van der Waals surface area contributed by atoms with Gasteiger partial charge in [-0.25, -0.2) is 5.43 Å². The van der Waals surface area contributed by atoms with E-state index in [9.17, 15) is 27.6 Å². The molecule has 0 aromatic carbocycles. The number of nitrogens with one attached hydrogen (secondary N) is 4. The summed E-state index contributed by atoms with van der Waals surface area (Å²) in [6.45, 7) is 2.76. The van der Waals surface area contributed by atoms with E-state index in [1.807, 2.05) is 6.92 Å². The van der Waals surface area contributed by atoms with Crippen LogP contribution in [0.1, 0.15) is 48.9 Å². The average Bonchev–Trinajstić information content (AvgIpc) is 3.02. The van der Waals surface area contributed by atoms with Crippen LogP contribution in [0.2, 0.25) is 0 Å². The molecule has 29 heavy (non-hydrogen) atoms. The van der Waals surface area contributed by atoms with Crippen LogP contribution >= 0.6 is 0 Å². The van der Waals surface area contributed by atoms with Gasteiger partial charge in [-0.1, -0.05) is 12.1 Å². The highest BCUT2D eigenvalue weighted by atomic mass is 19.4. The molecule has 1 saturated carbocycles. The topological polar surface area (TPSA) is 125 Å². The molecule has 1 aromatic rings. The number of rotatable bonds is 8.